The number of carbonyl (C=O) groups excluding carboxylic acids is 2. The predicted molar refractivity (Wildman–Crippen MR) is 129 cm³/mol. The van der Waals surface area contributed by atoms with Crippen molar-refractivity contribution in [2.45, 2.75) is 31.1 Å². The number of fused-ring (bicyclic) bond motifs is 5. The first kappa shape index (κ1) is 23.3. The van der Waals surface area contributed by atoms with Crippen LogP contribution in [0.2, 0.25) is 0 Å². The van der Waals surface area contributed by atoms with Crippen LogP contribution >= 0.6 is 0 Å². The summed E-state index contributed by atoms with van der Waals surface area (Å²) in [6, 6.07) is 14.7. The standard InChI is InChI=1S/C26H23N3O7/c1-14(2)15-7-12-18-21(13-15)36-26(32)19-5-4-6-20(29(33)34)22(19)23(30)25(18,26)28-24(31)27-16-8-10-17(35-3)11-9-16/h4-14,32H,1-3H3,(H2,27,28,31). The smallest absolute Gasteiger partial charge is 0.320 e. The van der Waals surface area contributed by atoms with E-state index in [0.29, 0.717) is 11.4 Å². The Bertz CT molecular complexity index is 1420. The molecule has 5 rings (SSSR count). The highest BCUT2D eigenvalue weighted by atomic mass is 16.6. The molecule has 0 fully saturated rings. The fraction of sp³-hybridized carbons (Fsp3) is 0.231. The van der Waals surface area contributed by atoms with Crippen molar-refractivity contribution >= 4 is 23.2 Å². The number of nitro benzene ring substituents is 1. The quantitative estimate of drug-likeness (QED) is 0.361. The second-order valence-corrected chi connectivity index (χ2v) is 9.00. The number of hydrogen-bond donors (Lipinski definition) is 3. The normalized spacial score (nSPS) is 21.3. The van der Waals surface area contributed by atoms with Crippen molar-refractivity contribution in [2.24, 2.45) is 0 Å². The molecule has 2 atom stereocenters. The van der Waals surface area contributed by atoms with Crippen molar-refractivity contribution in [1.82, 2.24) is 5.32 Å². The van der Waals surface area contributed by atoms with E-state index in [4.69, 9.17) is 9.47 Å². The molecule has 0 bridgehead atoms. The van der Waals surface area contributed by atoms with Gasteiger partial charge in [0.25, 0.3) is 11.5 Å². The van der Waals surface area contributed by atoms with Gasteiger partial charge in [-0.25, -0.2) is 4.79 Å². The Labute approximate surface area is 206 Å². The van der Waals surface area contributed by atoms with Crippen LogP contribution in [0.25, 0.3) is 0 Å². The number of carbonyl (C=O) groups is 2. The first-order valence-corrected chi connectivity index (χ1v) is 11.2. The molecular weight excluding hydrogens is 466 g/mol. The van der Waals surface area contributed by atoms with Crippen LogP contribution in [-0.2, 0) is 11.3 Å². The largest absolute Gasteiger partial charge is 0.497 e. The lowest BCUT2D eigenvalue weighted by Gasteiger charge is -2.34. The molecule has 3 aromatic carbocycles. The molecule has 184 valence electrons. The molecule has 2 unspecified atom stereocenters. The molecule has 2 amide bonds. The summed E-state index contributed by atoms with van der Waals surface area (Å²) >= 11 is 0. The zero-order valence-electron chi connectivity index (χ0n) is 19.7. The molecule has 10 heteroatoms. The lowest BCUT2D eigenvalue weighted by Crippen LogP contribution is -2.60. The molecule has 0 aromatic heterocycles. The maximum atomic E-state index is 14.0. The van der Waals surface area contributed by atoms with Gasteiger partial charge in [-0.3, -0.25) is 14.9 Å². The Hall–Kier alpha value is -4.44. The summed E-state index contributed by atoms with van der Waals surface area (Å²) in [4.78, 5) is 38.2. The number of nitrogens with one attached hydrogen (secondary N) is 2. The maximum Gasteiger partial charge on any atom is 0.320 e. The van der Waals surface area contributed by atoms with Crippen LogP contribution in [0.5, 0.6) is 11.5 Å². The van der Waals surface area contributed by atoms with Gasteiger partial charge in [0.15, 0.2) is 0 Å². The molecule has 3 N–H and O–H groups in total. The van der Waals surface area contributed by atoms with Gasteiger partial charge in [0.1, 0.15) is 17.1 Å². The van der Waals surface area contributed by atoms with Crippen molar-refractivity contribution < 1.29 is 29.1 Å². The van der Waals surface area contributed by atoms with Crippen LogP contribution < -0.4 is 20.1 Å². The molecule has 10 nitrogen and oxygen atoms in total. The van der Waals surface area contributed by atoms with Crippen LogP contribution in [0.3, 0.4) is 0 Å². The van der Waals surface area contributed by atoms with Crippen molar-refractivity contribution in [3.63, 3.8) is 0 Å². The molecule has 1 aliphatic carbocycles. The number of rotatable bonds is 5. The lowest BCUT2D eigenvalue weighted by atomic mass is 9.82. The topological polar surface area (TPSA) is 140 Å². The van der Waals surface area contributed by atoms with Crippen LogP contribution in [0.1, 0.15) is 46.8 Å². The van der Waals surface area contributed by atoms with Crippen LogP contribution in [0, 0.1) is 10.1 Å². The van der Waals surface area contributed by atoms with Gasteiger partial charge >= 0.3 is 6.03 Å². The molecule has 2 aliphatic rings. The third kappa shape index (κ3) is 3.14. The van der Waals surface area contributed by atoms with Gasteiger partial charge in [0.2, 0.25) is 11.3 Å². The van der Waals surface area contributed by atoms with E-state index >= 15 is 0 Å². The minimum atomic E-state index is -2.40. The predicted octanol–water partition coefficient (Wildman–Crippen LogP) is 4.18. The Kier molecular flexibility index (Phi) is 5.22. The number of nitrogens with zero attached hydrogens (tertiary/aromatic N) is 1. The summed E-state index contributed by atoms with van der Waals surface area (Å²) in [6.07, 6.45) is 0. The van der Waals surface area contributed by atoms with Crippen molar-refractivity contribution in [3.8, 4) is 11.5 Å². The second kappa shape index (κ2) is 8.06. The monoisotopic (exact) mass is 489 g/mol. The number of hydrogen-bond acceptors (Lipinski definition) is 7. The highest BCUT2D eigenvalue weighted by Crippen LogP contribution is 2.59. The van der Waals surface area contributed by atoms with Crippen LogP contribution in [0.4, 0.5) is 16.2 Å². The summed E-state index contributed by atoms with van der Waals surface area (Å²) in [7, 11) is 1.51. The Morgan fingerprint density at radius 2 is 1.83 bits per heavy atom. The summed E-state index contributed by atoms with van der Waals surface area (Å²) in [6.45, 7) is 3.96. The Balaban J connectivity index is 1.64. The number of methoxy groups -OCH3 is 1. The number of ketones is 1. The number of aliphatic hydroxyl groups is 1. The van der Waals surface area contributed by atoms with E-state index in [0.717, 1.165) is 5.56 Å². The Morgan fingerprint density at radius 3 is 2.47 bits per heavy atom. The average Bonchev–Trinajstić information content (AvgIpc) is 3.21. The van der Waals surface area contributed by atoms with Gasteiger partial charge < -0.3 is 25.2 Å². The van der Waals surface area contributed by atoms with Gasteiger partial charge in [-0.15, -0.1) is 0 Å². The number of benzene rings is 3. The lowest BCUT2D eigenvalue weighted by molar-refractivity contribution is -0.385. The zero-order valence-corrected chi connectivity index (χ0v) is 19.7. The minimum Gasteiger partial charge on any atom is -0.497 e. The Morgan fingerprint density at radius 1 is 1.11 bits per heavy atom. The number of anilines is 1. The molecule has 3 aromatic rings. The van der Waals surface area contributed by atoms with Gasteiger partial charge in [-0.2, -0.15) is 0 Å². The SMILES string of the molecule is COc1ccc(NC(=O)NC23C(=O)c4c([N+](=O)[O-])cccc4C2(O)Oc2cc(C(C)C)ccc23)cc1. The van der Waals surface area contributed by atoms with Gasteiger partial charge in [0.05, 0.1) is 12.0 Å². The van der Waals surface area contributed by atoms with Gasteiger partial charge in [-0.1, -0.05) is 38.1 Å². The van der Waals surface area contributed by atoms with E-state index in [1.807, 2.05) is 13.8 Å². The van der Waals surface area contributed by atoms with Crippen molar-refractivity contribution in [1.29, 1.82) is 0 Å². The molecular formula is C26H23N3O7. The summed E-state index contributed by atoms with van der Waals surface area (Å²) in [5, 5.41) is 28.9. The van der Waals surface area contributed by atoms with Crippen molar-refractivity contribution in [3.05, 3.63) is 93.0 Å². The fourth-order valence-electron chi connectivity index (χ4n) is 4.86. The van der Waals surface area contributed by atoms with Gasteiger partial charge in [-0.05, 0) is 41.8 Å². The van der Waals surface area contributed by atoms with Crippen LogP contribution in [0.15, 0.2) is 60.7 Å². The molecule has 36 heavy (non-hydrogen) atoms. The van der Waals surface area contributed by atoms with E-state index in [9.17, 15) is 24.8 Å². The summed E-state index contributed by atoms with van der Waals surface area (Å²) < 4.78 is 11.1. The van der Waals surface area contributed by atoms with Gasteiger partial charge in [0, 0.05) is 22.9 Å². The minimum absolute atomic E-state index is 0.0891. The fourth-order valence-corrected chi connectivity index (χ4v) is 4.86. The highest BCUT2D eigenvalue weighted by Gasteiger charge is 2.73. The number of Topliss-reactive ketones (excluding diaryl/α,β-unsaturated/α-hetero) is 1. The van der Waals surface area contributed by atoms with E-state index < -0.39 is 33.8 Å². The third-order valence-corrected chi connectivity index (χ3v) is 6.66. The second-order valence-electron chi connectivity index (χ2n) is 9.00. The molecule has 0 saturated carbocycles. The highest BCUT2D eigenvalue weighted by molar-refractivity contribution is 6.15. The molecule has 0 spiro atoms. The first-order chi connectivity index (χ1) is 17.1. The van der Waals surface area contributed by atoms with E-state index in [1.165, 1.54) is 25.3 Å². The molecule has 1 heterocycles. The third-order valence-electron chi connectivity index (χ3n) is 6.66. The number of urea groups is 1. The average molecular weight is 489 g/mol. The number of nitro groups is 1. The maximum absolute atomic E-state index is 14.0. The summed E-state index contributed by atoms with van der Waals surface area (Å²) in [5.74, 6) is -2.32. The van der Waals surface area contributed by atoms with Crippen LogP contribution in [-0.4, -0.2) is 29.0 Å². The number of ether oxygens (including phenoxy) is 2. The molecule has 0 saturated heterocycles. The number of amides is 2. The first-order valence-electron chi connectivity index (χ1n) is 11.2. The summed E-state index contributed by atoms with van der Waals surface area (Å²) in [5.41, 5.74) is -1.54. The van der Waals surface area contributed by atoms with E-state index in [1.54, 1.807) is 42.5 Å². The zero-order chi connectivity index (χ0) is 25.8. The van der Waals surface area contributed by atoms with E-state index in [-0.39, 0.29) is 28.4 Å². The molecule has 0 radical (unpaired) electrons. The van der Waals surface area contributed by atoms with E-state index in [2.05, 4.69) is 10.6 Å². The van der Waals surface area contributed by atoms with Crippen molar-refractivity contribution in [2.75, 3.05) is 12.4 Å². The molecule has 1 aliphatic heterocycles.